The number of primary amides is 1. The van der Waals surface area contributed by atoms with Crippen LogP contribution in [0.3, 0.4) is 0 Å². The maximum absolute atomic E-state index is 12.5. The molecule has 0 saturated carbocycles. The van der Waals surface area contributed by atoms with Crippen molar-refractivity contribution >= 4 is 34.1 Å². The fourth-order valence-electron chi connectivity index (χ4n) is 3.50. The third kappa shape index (κ3) is 3.48. The Morgan fingerprint density at radius 2 is 1.78 bits per heavy atom. The second-order valence-corrected chi connectivity index (χ2v) is 6.78. The molecule has 0 unspecified atom stereocenters. The molecule has 4 N–H and O–H groups in total. The van der Waals surface area contributed by atoms with Crippen LogP contribution in [0, 0.1) is 5.92 Å². The molecule has 0 radical (unpaired) electrons. The zero-order chi connectivity index (χ0) is 18.8. The number of hydrogen-bond donors (Lipinski definition) is 3. The number of amides is 2. The number of rotatable bonds is 4. The van der Waals surface area contributed by atoms with Gasteiger partial charge in [-0.25, -0.2) is 0 Å². The molecule has 0 spiro atoms. The number of fused-ring (bicyclic) bond motifs is 1. The Labute approximate surface area is 156 Å². The Balaban J connectivity index is 1.42. The summed E-state index contributed by atoms with van der Waals surface area (Å²) >= 11 is 0. The molecule has 7 nitrogen and oxygen atoms in total. The lowest BCUT2D eigenvalue weighted by Gasteiger charge is -2.32. The molecule has 1 fully saturated rings. The van der Waals surface area contributed by atoms with E-state index in [1.165, 1.54) is 0 Å². The van der Waals surface area contributed by atoms with Gasteiger partial charge in [0, 0.05) is 35.8 Å². The van der Waals surface area contributed by atoms with Crippen LogP contribution in [0.15, 0.2) is 48.5 Å². The topological polar surface area (TPSA) is 104 Å². The van der Waals surface area contributed by atoms with Crippen molar-refractivity contribution in [2.75, 3.05) is 23.3 Å². The van der Waals surface area contributed by atoms with Crippen molar-refractivity contribution in [1.29, 1.82) is 0 Å². The van der Waals surface area contributed by atoms with E-state index in [2.05, 4.69) is 20.4 Å². The van der Waals surface area contributed by atoms with Crippen molar-refractivity contribution < 1.29 is 9.59 Å². The van der Waals surface area contributed by atoms with Crippen molar-refractivity contribution in [1.82, 2.24) is 10.2 Å². The second kappa shape index (κ2) is 7.11. The Hall–Kier alpha value is -3.35. The number of aromatic nitrogens is 2. The van der Waals surface area contributed by atoms with Crippen molar-refractivity contribution in [2.24, 2.45) is 11.7 Å². The molecule has 2 aromatic carbocycles. The first-order valence-electron chi connectivity index (χ1n) is 9.00. The molecule has 0 atom stereocenters. The van der Waals surface area contributed by atoms with Gasteiger partial charge in [0.1, 0.15) is 0 Å². The zero-order valence-corrected chi connectivity index (χ0v) is 14.8. The first kappa shape index (κ1) is 17.1. The smallest absolute Gasteiger partial charge is 0.276 e. The van der Waals surface area contributed by atoms with Crippen LogP contribution in [0.1, 0.15) is 23.3 Å². The van der Waals surface area contributed by atoms with Gasteiger partial charge in [-0.05, 0) is 43.2 Å². The van der Waals surface area contributed by atoms with Crippen molar-refractivity contribution in [2.45, 2.75) is 12.8 Å². The highest BCUT2D eigenvalue weighted by atomic mass is 16.2. The molecule has 3 aromatic rings. The van der Waals surface area contributed by atoms with Gasteiger partial charge in [-0.1, -0.05) is 18.2 Å². The number of carbonyl (C=O) groups is 2. The number of carbonyl (C=O) groups excluding carboxylic acids is 2. The molecule has 138 valence electrons. The van der Waals surface area contributed by atoms with Gasteiger partial charge in [-0.3, -0.25) is 14.7 Å². The normalized spacial score (nSPS) is 15.0. The highest BCUT2D eigenvalue weighted by Crippen LogP contribution is 2.25. The Kier molecular flexibility index (Phi) is 4.50. The largest absolute Gasteiger partial charge is 0.371 e. The summed E-state index contributed by atoms with van der Waals surface area (Å²) in [6.07, 6.45) is 1.56. The average molecular weight is 363 g/mol. The lowest BCUT2D eigenvalue weighted by atomic mass is 9.96. The highest BCUT2D eigenvalue weighted by molar-refractivity contribution is 6.11. The molecule has 1 aliphatic rings. The number of para-hydroxylation sites is 1. The van der Waals surface area contributed by atoms with Gasteiger partial charge < -0.3 is 16.0 Å². The quantitative estimate of drug-likeness (QED) is 0.662. The Bertz CT molecular complexity index is 971. The lowest BCUT2D eigenvalue weighted by molar-refractivity contribution is -0.122. The van der Waals surface area contributed by atoms with Crippen LogP contribution in [0.25, 0.3) is 10.9 Å². The van der Waals surface area contributed by atoms with Crippen LogP contribution in [0.2, 0.25) is 0 Å². The minimum absolute atomic E-state index is 0.0246. The van der Waals surface area contributed by atoms with E-state index in [0.717, 1.165) is 42.5 Å². The monoisotopic (exact) mass is 363 g/mol. The molecular formula is C20H21N5O2. The molecule has 1 saturated heterocycles. The standard InChI is InChI=1S/C20H21N5O2/c21-19(26)13-9-11-25(12-10-13)15-7-5-14(6-8-15)22-20(27)18-16-3-1-2-4-17(16)23-24-18/h1-8,13H,9-12H2,(H2,21,26)(H,22,27)(H,23,24). The first-order valence-corrected chi connectivity index (χ1v) is 9.00. The average Bonchev–Trinajstić information content (AvgIpc) is 3.13. The summed E-state index contributed by atoms with van der Waals surface area (Å²) in [4.78, 5) is 26.0. The van der Waals surface area contributed by atoms with E-state index in [-0.39, 0.29) is 17.7 Å². The molecule has 27 heavy (non-hydrogen) atoms. The third-order valence-electron chi connectivity index (χ3n) is 5.07. The predicted molar refractivity (Wildman–Crippen MR) is 105 cm³/mol. The van der Waals surface area contributed by atoms with E-state index in [1.54, 1.807) is 0 Å². The van der Waals surface area contributed by atoms with Crippen LogP contribution in [0.4, 0.5) is 11.4 Å². The Morgan fingerprint density at radius 3 is 2.48 bits per heavy atom. The molecular weight excluding hydrogens is 342 g/mol. The fraction of sp³-hybridized carbons (Fsp3) is 0.250. The predicted octanol–water partition coefficient (Wildman–Crippen LogP) is 2.52. The van der Waals surface area contributed by atoms with E-state index in [1.807, 2.05) is 48.5 Å². The van der Waals surface area contributed by atoms with Gasteiger partial charge in [0.05, 0.1) is 5.52 Å². The molecule has 4 rings (SSSR count). The fourth-order valence-corrected chi connectivity index (χ4v) is 3.50. The summed E-state index contributed by atoms with van der Waals surface area (Å²) in [6, 6.07) is 15.2. The van der Waals surface area contributed by atoms with Gasteiger partial charge in [-0.15, -0.1) is 0 Å². The van der Waals surface area contributed by atoms with Crippen LogP contribution in [-0.4, -0.2) is 35.1 Å². The van der Waals surface area contributed by atoms with Crippen molar-refractivity contribution in [3.8, 4) is 0 Å². The van der Waals surface area contributed by atoms with E-state index in [9.17, 15) is 9.59 Å². The molecule has 7 heteroatoms. The number of piperidine rings is 1. The number of nitrogens with zero attached hydrogens (tertiary/aromatic N) is 2. The summed E-state index contributed by atoms with van der Waals surface area (Å²) in [6.45, 7) is 1.61. The van der Waals surface area contributed by atoms with E-state index < -0.39 is 0 Å². The molecule has 0 aliphatic carbocycles. The number of H-pyrrole nitrogens is 1. The number of anilines is 2. The van der Waals surface area contributed by atoms with E-state index in [4.69, 9.17) is 5.73 Å². The summed E-state index contributed by atoms with van der Waals surface area (Å²) < 4.78 is 0. The van der Waals surface area contributed by atoms with Gasteiger partial charge >= 0.3 is 0 Å². The number of benzene rings is 2. The van der Waals surface area contributed by atoms with Crippen LogP contribution >= 0.6 is 0 Å². The highest BCUT2D eigenvalue weighted by Gasteiger charge is 2.23. The van der Waals surface area contributed by atoms with E-state index >= 15 is 0 Å². The third-order valence-corrected chi connectivity index (χ3v) is 5.07. The summed E-state index contributed by atoms with van der Waals surface area (Å²) in [5.41, 5.74) is 8.38. The molecule has 1 aromatic heterocycles. The summed E-state index contributed by atoms with van der Waals surface area (Å²) in [5.74, 6) is -0.482. The maximum Gasteiger partial charge on any atom is 0.276 e. The SMILES string of the molecule is NC(=O)C1CCN(c2ccc(NC(=O)c3n[nH]c4ccccc34)cc2)CC1. The van der Waals surface area contributed by atoms with Crippen LogP contribution in [-0.2, 0) is 4.79 Å². The number of aromatic amines is 1. The van der Waals surface area contributed by atoms with Gasteiger partial charge in [-0.2, -0.15) is 5.10 Å². The van der Waals surface area contributed by atoms with Gasteiger partial charge in [0.2, 0.25) is 5.91 Å². The second-order valence-electron chi connectivity index (χ2n) is 6.78. The van der Waals surface area contributed by atoms with Crippen molar-refractivity contribution in [3.63, 3.8) is 0 Å². The molecule has 1 aliphatic heterocycles. The number of nitrogens with two attached hydrogens (primary N) is 1. The van der Waals surface area contributed by atoms with Gasteiger partial charge in [0.15, 0.2) is 5.69 Å². The van der Waals surface area contributed by atoms with Crippen LogP contribution < -0.4 is 16.0 Å². The van der Waals surface area contributed by atoms with Crippen molar-refractivity contribution in [3.05, 3.63) is 54.2 Å². The lowest BCUT2D eigenvalue weighted by Crippen LogP contribution is -2.38. The first-order chi connectivity index (χ1) is 13.1. The zero-order valence-electron chi connectivity index (χ0n) is 14.8. The van der Waals surface area contributed by atoms with E-state index in [0.29, 0.717) is 11.4 Å². The molecule has 2 amide bonds. The summed E-state index contributed by atoms with van der Waals surface area (Å²) in [5, 5.41) is 10.7. The minimum Gasteiger partial charge on any atom is -0.371 e. The minimum atomic E-state index is -0.248. The van der Waals surface area contributed by atoms with Gasteiger partial charge in [0.25, 0.3) is 5.91 Å². The maximum atomic E-state index is 12.5. The number of nitrogens with one attached hydrogen (secondary N) is 2. The molecule has 0 bridgehead atoms. The summed E-state index contributed by atoms with van der Waals surface area (Å²) in [7, 11) is 0. The number of hydrogen-bond acceptors (Lipinski definition) is 4. The molecule has 2 heterocycles. The Morgan fingerprint density at radius 1 is 1.07 bits per heavy atom. The van der Waals surface area contributed by atoms with Crippen LogP contribution in [0.5, 0.6) is 0 Å².